The van der Waals surface area contributed by atoms with E-state index in [2.05, 4.69) is 6.92 Å². The van der Waals surface area contributed by atoms with Crippen LogP contribution in [0.5, 0.6) is 5.75 Å². The molecule has 1 N–H and O–H groups in total. The van der Waals surface area contributed by atoms with E-state index in [0.717, 1.165) is 18.4 Å². The lowest BCUT2D eigenvalue weighted by atomic mass is 10.1. The third kappa shape index (κ3) is 9.43. The maximum absolute atomic E-state index is 11.6. The van der Waals surface area contributed by atoms with E-state index in [1.807, 2.05) is 0 Å². The van der Waals surface area contributed by atoms with Crippen LogP contribution in [0, 0.1) is 0 Å². The Bertz CT molecular complexity index is 398. The van der Waals surface area contributed by atoms with Gasteiger partial charge in [-0.15, -0.1) is 0 Å². The van der Waals surface area contributed by atoms with Crippen molar-refractivity contribution >= 4 is 5.97 Å². The summed E-state index contributed by atoms with van der Waals surface area (Å²) in [5.41, 5.74) is 0.901. The van der Waals surface area contributed by atoms with E-state index in [9.17, 15) is 9.90 Å². The molecule has 0 atom stereocenters. The van der Waals surface area contributed by atoms with Crippen molar-refractivity contribution in [1.82, 2.24) is 0 Å². The average molecular weight is 306 g/mol. The number of hydrogen-bond acceptors (Lipinski definition) is 3. The first-order valence-corrected chi connectivity index (χ1v) is 8.66. The monoisotopic (exact) mass is 306 g/mol. The zero-order valence-corrected chi connectivity index (χ0v) is 13.9. The molecule has 1 aromatic rings. The molecule has 0 radical (unpaired) electrons. The molecule has 1 aromatic carbocycles. The number of ether oxygens (including phenoxy) is 1. The van der Waals surface area contributed by atoms with Crippen LogP contribution in [0.1, 0.15) is 76.7 Å². The topological polar surface area (TPSA) is 46.5 Å². The molecule has 1 rings (SSSR count). The lowest BCUT2D eigenvalue weighted by Crippen LogP contribution is -2.04. The zero-order valence-electron chi connectivity index (χ0n) is 13.9. The lowest BCUT2D eigenvalue weighted by molar-refractivity contribution is -0.145. The molecular formula is C19H30O3. The summed E-state index contributed by atoms with van der Waals surface area (Å²) in [6.45, 7) is 2.53. The van der Waals surface area contributed by atoms with Crippen LogP contribution in [-0.2, 0) is 16.1 Å². The Kier molecular flexibility index (Phi) is 10.2. The molecule has 0 aliphatic rings. The van der Waals surface area contributed by atoms with Crippen molar-refractivity contribution in [2.24, 2.45) is 0 Å². The van der Waals surface area contributed by atoms with Crippen molar-refractivity contribution in [3.63, 3.8) is 0 Å². The molecular weight excluding hydrogens is 276 g/mol. The van der Waals surface area contributed by atoms with Crippen LogP contribution in [0.3, 0.4) is 0 Å². The van der Waals surface area contributed by atoms with Crippen LogP contribution < -0.4 is 0 Å². The number of rotatable bonds is 12. The van der Waals surface area contributed by atoms with E-state index < -0.39 is 0 Å². The van der Waals surface area contributed by atoms with Crippen LogP contribution in [0.2, 0.25) is 0 Å². The Labute approximate surface area is 134 Å². The predicted molar refractivity (Wildman–Crippen MR) is 89.7 cm³/mol. The Morgan fingerprint density at radius 2 is 1.45 bits per heavy atom. The molecule has 3 nitrogen and oxygen atoms in total. The van der Waals surface area contributed by atoms with Crippen molar-refractivity contribution in [3.05, 3.63) is 29.8 Å². The van der Waals surface area contributed by atoms with Crippen LogP contribution in [0.4, 0.5) is 0 Å². The summed E-state index contributed by atoms with van der Waals surface area (Å²) in [6.07, 6.45) is 11.7. The van der Waals surface area contributed by atoms with Gasteiger partial charge in [-0.3, -0.25) is 4.79 Å². The second kappa shape index (κ2) is 12.1. The number of carbonyl (C=O) groups excluding carboxylic acids is 1. The molecule has 0 aliphatic heterocycles. The number of unbranched alkanes of at least 4 members (excludes halogenated alkanes) is 8. The lowest BCUT2D eigenvalue weighted by Gasteiger charge is -2.05. The number of aromatic hydroxyl groups is 1. The summed E-state index contributed by atoms with van der Waals surface area (Å²) in [4.78, 5) is 11.6. The van der Waals surface area contributed by atoms with Gasteiger partial charge in [0.1, 0.15) is 12.4 Å². The van der Waals surface area contributed by atoms with Gasteiger partial charge in [0.05, 0.1) is 0 Å². The quantitative estimate of drug-likeness (QED) is 0.418. The predicted octanol–water partition coefficient (Wildman–Crippen LogP) is 5.36. The molecule has 0 fully saturated rings. The highest BCUT2D eigenvalue weighted by Gasteiger charge is 2.03. The van der Waals surface area contributed by atoms with Crippen LogP contribution in [-0.4, -0.2) is 11.1 Å². The zero-order chi connectivity index (χ0) is 16.0. The minimum absolute atomic E-state index is 0.129. The van der Waals surface area contributed by atoms with Crippen molar-refractivity contribution < 1.29 is 14.6 Å². The van der Waals surface area contributed by atoms with Gasteiger partial charge in [0, 0.05) is 6.42 Å². The molecule has 22 heavy (non-hydrogen) atoms. The van der Waals surface area contributed by atoms with Crippen LogP contribution in [0.15, 0.2) is 24.3 Å². The number of hydrogen-bond donors (Lipinski definition) is 1. The number of benzene rings is 1. The van der Waals surface area contributed by atoms with Gasteiger partial charge in [-0.05, 0) is 24.1 Å². The van der Waals surface area contributed by atoms with Gasteiger partial charge >= 0.3 is 5.97 Å². The largest absolute Gasteiger partial charge is 0.508 e. The van der Waals surface area contributed by atoms with Crippen LogP contribution in [0.25, 0.3) is 0 Å². The van der Waals surface area contributed by atoms with E-state index in [1.54, 1.807) is 24.3 Å². The SMILES string of the molecule is CCCCCCCCCCCC(=O)OCc1ccc(O)cc1. The second-order valence-electron chi connectivity index (χ2n) is 5.91. The molecule has 3 heteroatoms. The molecule has 0 saturated carbocycles. The van der Waals surface area contributed by atoms with E-state index >= 15 is 0 Å². The molecule has 0 aromatic heterocycles. The molecule has 0 unspecified atom stereocenters. The van der Waals surface area contributed by atoms with E-state index in [-0.39, 0.29) is 18.3 Å². The summed E-state index contributed by atoms with van der Waals surface area (Å²) in [7, 11) is 0. The van der Waals surface area contributed by atoms with Gasteiger partial charge < -0.3 is 9.84 Å². The van der Waals surface area contributed by atoms with Crippen molar-refractivity contribution in [1.29, 1.82) is 0 Å². The van der Waals surface area contributed by atoms with E-state index in [1.165, 1.54) is 44.9 Å². The summed E-state index contributed by atoms with van der Waals surface area (Å²) in [5.74, 6) is 0.0980. The molecule has 0 bridgehead atoms. The first-order chi connectivity index (χ1) is 10.7. The van der Waals surface area contributed by atoms with Gasteiger partial charge in [-0.2, -0.15) is 0 Å². The molecule has 0 aliphatic carbocycles. The van der Waals surface area contributed by atoms with Crippen LogP contribution >= 0.6 is 0 Å². The first kappa shape index (κ1) is 18.5. The fraction of sp³-hybridized carbons (Fsp3) is 0.632. The third-order valence-corrected chi connectivity index (χ3v) is 3.82. The van der Waals surface area contributed by atoms with Gasteiger partial charge in [0.25, 0.3) is 0 Å². The average Bonchev–Trinajstić information content (AvgIpc) is 2.53. The van der Waals surface area contributed by atoms with Gasteiger partial charge in [0.2, 0.25) is 0 Å². The number of esters is 1. The highest BCUT2D eigenvalue weighted by atomic mass is 16.5. The smallest absolute Gasteiger partial charge is 0.306 e. The Hall–Kier alpha value is -1.51. The van der Waals surface area contributed by atoms with Gasteiger partial charge in [0.15, 0.2) is 0 Å². The summed E-state index contributed by atoms with van der Waals surface area (Å²) < 4.78 is 5.22. The fourth-order valence-corrected chi connectivity index (χ4v) is 2.41. The Morgan fingerprint density at radius 1 is 0.909 bits per heavy atom. The minimum Gasteiger partial charge on any atom is -0.508 e. The maximum atomic E-state index is 11.6. The second-order valence-corrected chi connectivity index (χ2v) is 5.91. The maximum Gasteiger partial charge on any atom is 0.306 e. The molecule has 0 amide bonds. The minimum atomic E-state index is -0.129. The molecule has 0 saturated heterocycles. The number of phenols is 1. The molecule has 124 valence electrons. The first-order valence-electron chi connectivity index (χ1n) is 8.66. The fourth-order valence-electron chi connectivity index (χ4n) is 2.41. The Morgan fingerprint density at radius 3 is 2.05 bits per heavy atom. The summed E-state index contributed by atoms with van der Waals surface area (Å²) in [5, 5.41) is 9.17. The van der Waals surface area contributed by atoms with Crippen molar-refractivity contribution in [2.45, 2.75) is 77.7 Å². The normalized spacial score (nSPS) is 10.6. The van der Waals surface area contributed by atoms with Crippen molar-refractivity contribution in [2.75, 3.05) is 0 Å². The highest BCUT2D eigenvalue weighted by molar-refractivity contribution is 5.69. The third-order valence-electron chi connectivity index (χ3n) is 3.82. The highest BCUT2D eigenvalue weighted by Crippen LogP contribution is 2.12. The number of carbonyl (C=O) groups is 1. The number of phenolic OH excluding ortho intramolecular Hbond substituents is 1. The van der Waals surface area contributed by atoms with Crippen molar-refractivity contribution in [3.8, 4) is 5.75 Å². The molecule has 0 spiro atoms. The Balaban J connectivity index is 1.94. The summed E-state index contributed by atoms with van der Waals surface area (Å²) >= 11 is 0. The standard InChI is InChI=1S/C19H30O3/c1-2-3-4-5-6-7-8-9-10-11-19(21)22-16-17-12-14-18(20)15-13-17/h12-15,20H,2-11,16H2,1H3. The van der Waals surface area contributed by atoms with Gasteiger partial charge in [-0.1, -0.05) is 70.4 Å². The molecule has 0 heterocycles. The van der Waals surface area contributed by atoms with E-state index in [0.29, 0.717) is 6.42 Å². The van der Waals surface area contributed by atoms with E-state index in [4.69, 9.17) is 4.74 Å². The summed E-state index contributed by atoms with van der Waals surface area (Å²) in [6, 6.07) is 6.73. The van der Waals surface area contributed by atoms with Gasteiger partial charge in [-0.25, -0.2) is 0 Å².